The smallest absolute Gasteiger partial charge is 0.143 e. The van der Waals surface area contributed by atoms with Crippen molar-refractivity contribution in [2.24, 2.45) is 0 Å². The van der Waals surface area contributed by atoms with Crippen LogP contribution in [0.15, 0.2) is 24.4 Å². The number of aromatic nitrogens is 1. The zero-order chi connectivity index (χ0) is 11.1. The van der Waals surface area contributed by atoms with Crippen LogP contribution in [0.25, 0.3) is 10.9 Å². The third kappa shape index (κ3) is 1.72. The summed E-state index contributed by atoms with van der Waals surface area (Å²) >= 11 is 0. The molecule has 0 radical (unpaired) electrons. The van der Waals surface area contributed by atoms with E-state index in [1.54, 1.807) is 7.11 Å². The summed E-state index contributed by atoms with van der Waals surface area (Å²) in [6, 6.07) is 6.40. The Hall–Kier alpha value is -1.44. The molecule has 2 heteroatoms. The molecule has 2 nitrogen and oxygen atoms in total. The van der Waals surface area contributed by atoms with Crippen LogP contribution in [0.3, 0.4) is 0 Å². The van der Waals surface area contributed by atoms with Gasteiger partial charge in [0.15, 0.2) is 0 Å². The van der Waals surface area contributed by atoms with Crippen LogP contribution in [-0.2, 0) is 5.41 Å². The molecule has 0 aliphatic carbocycles. The molecule has 2 rings (SSSR count). The van der Waals surface area contributed by atoms with E-state index in [0.717, 1.165) is 11.3 Å². The minimum Gasteiger partial charge on any atom is -0.495 e. The fraction of sp³-hybridized carbons (Fsp3) is 0.385. The number of rotatable bonds is 1. The van der Waals surface area contributed by atoms with Crippen LogP contribution in [0.2, 0.25) is 0 Å². The molecule has 1 aromatic carbocycles. The van der Waals surface area contributed by atoms with Gasteiger partial charge in [0.05, 0.1) is 12.6 Å². The van der Waals surface area contributed by atoms with Crippen LogP contribution < -0.4 is 4.74 Å². The second-order valence-corrected chi connectivity index (χ2v) is 4.87. The first-order valence-electron chi connectivity index (χ1n) is 5.18. The zero-order valence-corrected chi connectivity index (χ0v) is 9.72. The molecule has 1 aromatic heterocycles. The average Bonchev–Trinajstić information content (AvgIpc) is 2.62. The van der Waals surface area contributed by atoms with E-state index in [9.17, 15) is 0 Å². The van der Waals surface area contributed by atoms with Crippen molar-refractivity contribution in [3.05, 3.63) is 30.0 Å². The lowest BCUT2D eigenvalue weighted by atomic mass is 9.86. The van der Waals surface area contributed by atoms with Crippen molar-refractivity contribution in [3.8, 4) is 5.75 Å². The molecule has 80 valence electrons. The van der Waals surface area contributed by atoms with Crippen molar-refractivity contribution in [3.63, 3.8) is 0 Å². The van der Waals surface area contributed by atoms with Crippen LogP contribution in [0.4, 0.5) is 0 Å². The Morgan fingerprint density at radius 1 is 1.20 bits per heavy atom. The summed E-state index contributed by atoms with van der Waals surface area (Å²) in [4.78, 5) is 3.19. The van der Waals surface area contributed by atoms with Crippen molar-refractivity contribution < 1.29 is 4.74 Å². The van der Waals surface area contributed by atoms with Crippen LogP contribution in [-0.4, -0.2) is 12.1 Å². The van der Waals surface area contributed by atoms with Gasteiger partial charge in [0, 0.05) is 11.6 Å². The summed E-state index contributed by atoms with van der Waals surface area (Å²) in [6.45, 7) is 6.63. The Kier molecular flexibility index (Phi) is 2.22. The largest absolute Gasteiger partial charge is 0.495 e. The Bertz CT molecular complexity index is 477. The molecule has 0 spiro atoms. The van der Waals surface area contributed by atoms with Gasteiger partial charge in [-0.3, -0.25) is 0 Å². The number of aromatic amines is 1. The van der Waals surface area contributed by atoms with E-state index in [4.69, 9.17) is 4.74 Å². The van der Waals surface area contributed by atoms with Crippen LogP contribution in [0.5, 0.6) is 5.75 Å². The molecule has 0 saturated heterocycles. The first-order chi connectivity index (χ1) is 7.02. The van der Waals surface area contributed by atoms with Crippen LogP contribution >= 0.6 is 0 Å². The van der Waals surface area contributed by atoms with E-state index in [2.05, 4.69) is 44.0 Å². The molecule has 0 aliphatic heterocycles. The van der Waals surface area contributed by atoms with Gasteiger partial charge in [-0.25, -0.2) is 0 Å². The van der Waals surface area contributed by atoms with Gasteiger partial charge < -0.3 is 9.72 Å². The SMILES string of the molecule is COc1cc(C(C)(C)C)cc2cc[nH]c12. The first-order valence-corrected chi connectivity index (χ1v) is 5.18. The maximum absolute atomic E-state index is 5.39. The predicted molar refractivity (Wildman–Crippen MR) is 63.6 cm³/mol. The van der Waals surface area contributed by atoms with Gasteiger partial charge in [-0.2, -0.15) is 0 Å². The number of nitrogens with one attached hydrogen (secondary N) is 1. The monoisotopic (exact) mass is 203 g/mol. The van der Waals surface area contributed by atoms with Crippen molar-refractivity contribution in [1.82, 2.24) is 4.98 Å². The Morgan fingerprint density at radius 3 is 2.53 bits per heavy atom. The van der Waals surface area contributed by atoms with Crippen molar-refractivity contribution in [2.75, 3.05) is 7.11 Å². The summed E-state index contributed by atoms with van der Waals surface area (Å²) in [5.41, 5.74) is 2.52. The Labute approximate surface area is 90.3 Å². The van der Waals surface area contributed by atoms with Crippen LogP contribution in [0.1, 0.15) is 26.3 Å². The number of H-pyrrole nitrogens is 1. The second kappa shape index (κ2) is 3.30. The zero-order valence-electron chi connectivity index (χ0n) is 9.72. The molecule has 0 saturated carbocycles. The molecule has 0 unspecified atom stereocenters. The lowest BCUT2D eigenvalue weighted by Crippen LogP contribution is -2.11. The van der Waals surface area contributed by atoms with Gasteiger partial charge in [-0.15, -0.1) is 0 Å². The normalized spacial score (nSPS) is 12.0. The topological polar surface area (TPSA) is 25.0 Å². The molecular weight excluding hydrogens is 186 g/mol. The summed E-state index contributed by atoms with van der Waals surface area (Å²) < 4.78 is 5.39. The third-order valence-electron chi connectivity index (χ3n) is 2.71. The highest BCUT2D eigenvalue weighted by Gasteiger charge is 2.16. The molecule has 1 N–H and O–H groups in total. The maximum Gasteiger partial charge on any atom is 0.143 e. The van der Waals surface area contributed by atoms with E-state index in [1.165, 1.54) is 10.9 Å². The number of benzene rings is 1. The van der Waals surface area contributed by atoms with Gasteiger partial charge in [-0.1, -0.05) is 20.8 Å². The van der Waals surface area contributed by atoms with Crippen molar-refractivity contribution >= 4 is 10.9 Å². The van der Waals surface area contributed by atoms with Crippen LogP contribution in [0, 0.1) is 0 Å². The van der Waals surface area contributed by atoms with E-state index < -0.39 is 0 Å². The molecule has 0 atom stereocenters. The fourth-order valence-corrected chi connectivity index (χ4v) is 1.73. The van der Waals surface area contributed by atoms with E-state index in [-0.39, 0.29) is 5.41 Å². The van der Waals surface area contributed by atoms with Gasteiger partial charge in [0.2, 0.25) is 0 Å². The minimum absolute atomic E-state index is 0.152. The van der Waals surface area contributed by atoms with Gasteiger partial charge in [-0.05, 0) is 29.2 Å². The van der Waals surface area contributed by atoms with E-state index >= 15 is 0 Å². The summed E-state index contributed by atoms with van der Waals surface area (Å²) in [6.07, 6.45) is 1.94. The summed E-state index contributed by atoms with van der Waals surface area (Å²) in [5, 5.41) is 1.21. The number of fused-ring (bicyclic) bond motifs is 1. The van der Waals surface area contributed by atoms with Gasteiger partial charge in [0.1, 0.15) is 5.75 Å². The van der Waals surface area contributed by atoms with Gasteiger partial charge in [0.25, 0.3) is 0 Å². The molecule has 0 fully saturated rings. The Morgan fingerprint density at radius 2 is 1.93 bits per heavy atom. The lowest BCUT2D eigenvalue weighted by Gasteiger charge is -2.20. The number of hydrogen-bond acceptors (Lipinski definition) is 1. The molecule has 0 amide bonds. The molecule has 2 aromatic rings. The summed E-state index contributed by atoms with van der Waals surface area (Å²) in [7, 11) is 1.71. The predicted octanol–water partition coefficient (Wildman–Crippen LogP) is 3.47. The highest BCUT2D eigenvalue weighted by Crippen LogP contribution is 2.32. The highest BCUT2D eigenvalue weighted by molar-refractivity contribution is 5.86. The Balaban J connectivity index is 2.69. The fourth-order valence-electron chi connectivity index (χ4n) is 1.73. The molecule has 0 aliphatic rings. The number of hydrogen-bond donors (Lipinski definition) is 1. The third-order valence-corrected chi connectivity index (χ3v) is 2.71. The van der Waals surface area contributed by atoms with Crippen molar-refractivity contribution in [1.29, 1.82) is 0 Å². The average molecular weight is 203 g/mol. The maximum atomic E-state index is 5.39. The van der Waals surface area contributed by atoms with E-state index in [1.807, 2.05) is 6.20 Å². The highest BCUT2D eigenvalue weighted by atomic mass is 16.5. The van der Waals surface area contributed by atoms with Gasteiger partial charge >= 0.3 is 0 Å². The first kappa shape index (κ1) is 10.1. The quantitative estimate of drug-likeness (QED) is 0.754. The van der Waals surface area contributed by atoms with Crippen molar-refractivity contribution in [2.45, 2.75) is 26.2 Å². The summed E-state index contributed by atoms with van der Waals surface area (Å²) in [5.74, 6) is 0.919. The molecule has 1 heterocycles. The molecular formula is C13H17NO. The number of ether oxygens (including phenoxy) is 1. The van der Waals surface area contributed by atoms with E-state index in [0.29, 0.717) is 0 Å². The second-order valence-electron chi connectivity index (χ2n) is 4.87. The molecule has 15 heavy (non-hydrogen) atoms. The number of methoxy groups -OCH3 is 1. The standard InChI is InChI=1S/C13H17NO/c1-13(2,3)10-7-9-5-6-14-12(9)11(8-10)15-4/h5-8,14H,1-4H3. The minimum atomic E-state index is 0.152. The molecule has 0 bridgehead atoms. The lowest BCUT2D eigenvalue weighted by molar-refractivity contribution is 0.417.